The van der Waals surface area contributed by atoms with Crippen molar-refractivity contribution in [3.8, 4) is 0 Å². The van der Waals surface area contributed by atoms with Crippen molar-refractivity contribution in [2.75, 3.05) is 167 Å². The van der Waals surface area contributed by atoms with E-state index in [0.717, 1.165) is 0 Å². The van der Waals surface area contributed by atoms with Crippen molar-refractivity contribution < 1.29 is 192 Å². The van der Waals surface area contributed by atoms with Crippen molar-refractivity contribution in [2.45, 2.75) is 246 Å². The molecular formula is C64H112O40. The van der Waals surface area contributed by atoms with Gasteiger partial charge in [0.15, 0.2) is 50.3 Å². The molecule has 0 aromatic rings. The molecule has 0 unspecified atom stereocenters. The highest BCUT2D eigenvalue weighted by molar-refractivity contribution is 5.04. The van der Waals surface area contributed by atoms with Crippen LogP contribution in [0.15, 0.2) is 0 Å². The lowest BCUT2D eigenvalue weighted by molar-refractivity contribution is -0.407. The van der Waals surface area contributed by atoms with Gasteiger partial charge in [-0.05, 0) is 0 Å². The van der Waals surface area contributed by atoms with Crippen LogP contribution >= 0.6 is 0 Å². The Hall–Kier alpha value is -1.60. The molecule has 104 heavy (non-hydrogen) atoms. The third-order valence-electron chi connectivity index (χ3n) is 20.1. The van der Waals surface area contributed by atoms with Gasteiger partial charge >= 0.3 is 0 Å². The fourth-order valence-corrected chi connectivity index (χ4v) is 15.2. The first-order chi connectivity index (χ1) is 50.2. The highest BCUT2D eigenvalue weighted by Gasteiger charge is 2.62. The van der Waals surface area contributed by atoms with Gasteiger partial charge in [0.2, 0.25) is 0 Å². The highest BCUT2D eigenvalue weighted by atomic mass is 16.8. The van der Waals surface area contributed by atoms with Gasteiger partial charge in [0.1, 0.15) is 195 Å². The predicted molar refractivity (Wildman–Crippen MR) is 338 cm³/mol. The van der Waals surface area contributed by atoms with E-state index in [1.165, 1.54) is 114 Å². The van der Waals surface area contributed by atoms with Crippen molar-refractivity contribution in [1.82, 2.24) is 0 Å². The average molecular weight is 1520 g/mol. The quantitative estimate of drug-likeness (QED) is 0.0445. The molecule has 0 saturated carbocycles. The van der Waals surface area contributed by atoms with Gasteiger partial charge in [0, 0.05) is 114 Å². The van der Waals surface area contributed by atoms with E-state index in [9.17, 15) is 40.9 Å². The zero-order chi connectivity index (χ0) is 75.4. The molecule has 30 saturated heterocycles. The van der Waals surface area contributed by atoms with E-state index in [1.807, 2.05) is 0 Å². The average Bonchev–Trinajstić information content (AvgIpc) is 0.771. The van der Waals surface area contributed by atoms with Crippen LogP contribution in [0.1, 0.15) is 0 Å². The van der Waals surface area contributed by atoms with Crippen LogP contribution in [-0.4, -0.2) is 453 Å². The van der Waals surface area contributed by atoms with Gasteiger partial charge < -0.3 is 192 Å². The molecule has 608 valence electrons. The molecule has 0 aliphatic carbocycles. The number of ether oxygens (including phenoxy) is 32. The monoisotopic (exact) mass is 1520 g/mol. The first-order valence-corrected chi connectivity index (χ1v) is 34.3. The summed E-state index contributed by atoms with van der Waals surface area (Å²) in [7, 11) is 21.5. The summed E-state index contributed by atoms with van der Waals surface area (Å²) < 4.78 is 197. The minimum Gasteiger partial charge on any atom is -0.385 e. The molecule has 0 spiro atoms. The van der Waals surface area contributed by atoms with E-state index in [2.05, 4.69) is 0 Å². The Morgan fingerprint density at radius 3 is 0.337 bits per heavy atom. The molecule has 40 atom stereocenters. The summed E-state index contributed by atoms with van der Waals surface area (Å²) in [5, 5.41) is 98.4. The second-order valence-electron chi connectivity index (χ2n) is 26.3. The largest absolute Gasteiger partial charge is 0.385 e. The van der Waals surface area contributed by atoms with E-state index >= 15 is 0 Å². The SMILES string of the molecule is COC[C@H]1O[C@@H]2O[C@H]3[C@H](OC)[C@@H](O)[C@@H](O[C@H]4[C@H](OC)[C@@H](O)[C@@H](O[C@H]5[C@H](OC)[C@@H](O)[C@@H](O[C@H]6[C@H](OC)[C@@H](O)[C@@H](O[C@H]7[C@H](OC)[C@@H](O)[C@@H](O[C@H]8[C@H](OC)[C@@H](O)[C@@H](O[C@H]9[C@H](OC)[C@@H](O)[C@@H](O[C@H]1[C@H](OC)[C@H]2O)O[C@@H]9COC)O[C@@H]8COC)O[C@@H]7COC)O[C@@H]6COC)O[C@@H]5COC)O[C@@H]4COC)O[C@@H]3COC. The first-order valence-electron chi connectivity index (χ1n) is 34.3. The fourth-order valence-electron chi connectivity index (χ4n) is 15.2. The zero-order valence-corrected chi connectivity index (χ0v) is 61.4. The second kappa shape index (κ2) is 40.7. The van der Waals surface area contributed by atoms with Gasteiger partial charge in [-0.15, -0.1) is 0 Å². The van der Waals surface area contributed by atoms with Crippen LogP contribution in [0.3, 0.4) is 0 Å². The molecule has 30 rings (SSSR count). The molecule has 0 aromatic carbocycles. The van der Waals surface area contributed by atoms with E-state index in [-0.39, 0.29) is 52.9 Å². The van der Waals surface area contributed by atoms with Gasteiger partial charge in [0.25, 0.3) is 0 Å². The Morgan fingerprint density at radius 1 is 0.163 bits per heavy atom. The standard InChI is InChI=1S/C64H112O40/c1-73-17-25-41-49(81-9)33(65)57(89-25)98-42-26(18-74-2)91-59(35(67)51(42)83-11)100-44-28(20-76-4)93-61(37(69)53(44)85-13)102-46-30(22-78-6)95-63(39(71)55(46)87-15)104-48-32(24-80-8)96-64(40(72)56(48)88-16)103-47-31(23-79-7)94-62(38(70)54(47)86-14)101-45-29(21-77-5)92-60(36(68)52(45)84-12)99-43-27(19-75-3)90-58(97-41)34(66)50(43)82-10/h25-72H,17-24H2,1-16H3/t25-,26-,27-,28-,29-,30-,31-,32-,33-,34-,35-,36-,37-,38-,39-,40-,41-,42-,43-,44-,45-,46-,47-,48-,49-,50-,51-,52-,53-,54-,55-,56-,57-,58-,59-,60-,61-,62-,63-,64-/m1/s1. The first kappa shape index (κ1) is 86.4. The highest BCUT2D eigenvalue weighted by Crippen LogP contribution is 2.42. The molecule has 30 aliphatic heterocycles. The summed E-state index contributed by atoms with van der Waals surface area (Å²) in [4.78, 5) is 0. The summed E-state index contributed by atoms with van der Waals surface area (Å²) >= 11 is 0. The van der Waals surface area contributed by atoms with Crippen molar-refractivity contribution in [3.05, 3.63) is 0 Å². The maximum absolute atomic E-state index is 12.3. The van der Waals surface area contributed by atoms with Crippen LogP contribution < -0.4 is 0 Å². The van der Waals surface area contributed by atoms with Crippen LogP contribution in [0, 0.1) is 0 Å². The third kappa shape index (κ3) is 18.7. The lowest BCUT2D eigenvalue weighted by atomic mass is 9.94. The van der Waals surface area contributed by atoms with Crippen LogP contribution in [-0.2, 0) is 152 Å². The molecule has 40 nitrogen and oxygen atoms in total. The van der Waals surface area contributed by atoms with E-state index in [4.69, 9.17) is 152 Å². The molecule has 40 heteroatoms. The van der Waals surface area contributed by atoms with Gasteiger partial charge in [-0.1, -0.05) is 0 Å². The number of hydrogen-bond donors (Lipinski definition) is 8. The van der Waals surface area contributed by atoms with Gasteiger partial charge in [-0.25, -0.2) is 0 Å². The van der Waals surface area contributed by atoms with Crippen LogP contribution in [0.2, 0.25) is 0 Å². The van der Waals surface area contributed by atoms with Gasteiger partial charge in [-0.3, -0.25) is 0 Å². The zero-order valence-electron chi connectivity index (χ0n) is 61.4. The van der Waals surface area contributed by atoms with Crippen LogP contribution in [0.4, 0.5) is 0 Å². The number of hydrogen-bond acceptors (Lipinski definition) is 40. The molecule has 30 heterocycles. The summed E-state index contributed by atoms with van der Waals surface area (Å²) in [6, 6.07) is 0. The lowest BCUT2D eigenvalue weighted by Crippen LogP contribution is -2.69. The topological polar surface area (TPSA) is 457 Å². The molecule has 16 bridgehead atoms. The second-order valence-corrected chi connectivity index (χ2v) is 26.3. The number of rotatable bonds is 24. The molecule has 0 amide bonds. The number of aliphatic hydroxyl groups excluding tert-OH is 8. The van der Waals surface area contributed by atoms with E-state index in [0.29, 0.717) is 0 Å². The predicted octanol–water partition coefficient (Wildman–Crippen LogP) is -6.94. The van der Waals surface area contributed by atoms with Gasteiger partial charge in [0.05, 0.1) is 52.9 Å². The molecule has 0 aromatic heterocycles. The molecule has 30 fully saturated rings. The molecule has 8 N–H and O–H groups in total. The van der Waals surface area contributed by atoms with E-state index < -0.39 is 246 Å². The van der Waals surface area contributed by atoms with E-state index in [1.54, 1.807) is 0 Å². The summed E-state index contributed by atoms with van der Waals surface area (Å²) in [5.41, 5.74) is 0. The summed E-state index contributed by atoms with van der Waals surface area (Å²) in [6.07, 6.45) is -57.5. The normalized spacial score (nSPS) is 48.7. The van der Waals surface area contributed by atoms with Crippen molar-refractivity contribution in [1.29, 1.82) is 0 Å². The van der Waals surface area contributed by atoms with Crippen molar-refractivity contribution in [3.63, 3.8) is 0 Å². The summed E-state index contributed by atoms with van der Waals surface area (Å²) in [6.45, 7) is -1.84. The molecule has 30 aliphatic rings. The lowest BCUT2D eigenvalue weighted by Gasteiger charge is -2.52. The number of aliphatic hydroxyl groups is 8. The minimum atomic E-state index is -1.72. The van der Waals surface area contributed by atoms with Crippen molar-refractivity contribution >= 4 is 0 Å². The Kier molecular flexibility index (Phi) is 33.8. The Morgan fingerprint density at radius 2 is 0.260 bits per heavy atom. The third-order valence-corrected chi connectivity index (χ3v) is 20.1. The van der Waals surface area contributed by atoms with Crippen molar-refractivity contribution in [2.24, 2.45) is 0 Å². The number of methoxy groups -OCH3 is 16. The van der Waals surface area contributed by atoms with Crippen LogP contribution in [0.5, 0.6) is 0 Å². The maximum Gasteiger partial charge on any atom is 0.187 e. The van der Waals surface area contributed by atoms with Crippen LogP contribution in [0.25, 0.3) is 0 Å². The summed E-state index contributed by atoms with van der Waals surface area (Å²) in [5.74, 6) is 0. The minimum absolute atomic E-state index is 0.230. The Bertz CT molecular complexity index is 1960. The Balaban J connectivity index is 1.07. The fraction of sp³-hybridized carbons (Fsp3) is 1.00. The molecular weight excluding hydrogens is 1410 g/mol. The Labute approximate surface area is 603 Å². The smallest absolute Gasteiger partial charge is 0.187 e. The maximum atomic E-state index is 12.3. The van der Waals surface area contributed by atoms with Gasteiger partial charge in [-0.2, -0.15) is 0 Å². The molecule has 0 radical (unpaired) electrons.